The van der Waals surface area contributed by atoms with Gasteiger partial charge in [-0.2, -0.15) is 0 Å². The zero-order chi connectivity index (χ0) is 15.9. The molecule has 0 saturated carbocycles. The van der Waals surface area contributed by atoms with Crippen molar-refractivity contribution in [3.8, 4) is 0 Å². The van der Waals surface area contributed by atoms with Crippen molar-refractivity contribution >= 4 is 35.6 Å². The molecule has 0 spiro atoms. The van der Waals surface area contributed by atoms with Crippen LogP contribution in [0.2, 0.25) is 0 Å². The Morgan fingerprint density at radius 1 is 1.12 bits per heavy atom. The topological polar surface area (TPSA) is 53.4 Å². The first-order valence-corrected chi connectivity index (χ1v) is 8.21. The minimum absolute atomic E-state index is 0. The average molecular weight is 437 g/mol. The number of aromatic nitrogens is 2. The molecule has 3 rings (SSSR count). The molecule has 24 heavy (non-hydrogen) atoms. The van der Waals surface area contributed by atoms with Crippen LogP contribution in [-0.2, 0) is 6.54 Å². The van der Waals surface area contributed by atoms with Crippen molar-refractivity contribution in [2.24, 2.45) is 4.99 Å². The second-order valence-electron chi connectivity index (χ2n) is 5.77. The van der Waals surface area contributed by atoms with Crippen molar-refractivity contribution < 1.29 is 0 Å². The smallest absolute Gasteiger partial charge is 0.198 e. The lowest BCUT2D eigenvalue weighted by Gasteiger charge is -2.30. The van der Waals surface area contributed by atoms with E-state index in [4.69, 9.17) is 4.99 Å². The van der Waals surface area contributed by atoms with Gasteiger partial charge in [0.1, 0.15) is 5.82 Å². The zero-order valence-electron chi connectivity index (χ0n) is 14.0. The van der Waals surface area contributed by atoms with Gasteiger partial charge in [-0.25, -0.2) is 15.0 Å². The quantitative estimate of drug-likeness (QED) is 0.450. The Labute approximate surface area is 160 Å². The van der Waals surface area contributed by atoms with E-state index in [2.05, 4.69) is 32.3 Å². The summed E-state index contributed by atoms with van der Waals surface area (Å²) in [6.07, 6.45) is 5.54. The van der Waals surface area contributed by atoms with E-state index in [1.54, 1.807) is 6.20 Å². The maximum Gasteiger partial charge on any atom is 0.198 e. The van der Waals surface area contributed by atoms with Gasteiger partial charge in [0.25, 0.3) is 0 Å². The van der Waals surface area contributed by atoms with Crippen molar-refractivity contribution in [1.82, 2.24) is 14.9 Å². The SMILES string of the molecule is Cc1nccc(CN=C(Nc2ccccc2)N2CCCCC2)n1.I. The summed E-state index contributed by atoms with van der Waals surface area (Å²) in [7, 11) is 0. The molecule has 6 heteroatoms. The molecule has 2 aromatic rings. The van der Waals surface area contributed by atoms with Gasteiger partial charge in [0.2, 0.25) is 0 Å². The number of likely N-dealkylation sites (tertiary alicyclic amines) is 1. The largest absolute Gasteiger partial charge is 0.343 e. The van der Waals surface area contributed by atoms with Gasteiger partial charge in [-0.1, -0.05) is 18.2 Å². The fourth-order valence-electron chi connectivity index (χ4n) is 2.72. The van der Waals surface area contributed by atoms with Crippen LogP contribution in [0.3, 0.4) is 0 Å². The number of rotatable bonds is 3. The van der Waals surface area contributed by atoms with E-state index in [0.29, 0.717) is 6.54 Å². The van der Waals surface area contributed by atoms with Crippen LogP contribution in [0.5, 0.6) is 0 Å². The van der Waals surface area contributed by atoms with Crippen molar-refractivity contribution in [1.29, 1.82) is 0 Å². The summed E-state index contributed by atoms with van der Waals surface area (Å²) < 4.78 is 0. The first kappa shape index (κ1) is 18.6. The highest BCUT2D eigenvalue weighted by Gasteiger charge is 2.15. The van der Waals surface area contributed by atoms with Crippen LogP contribution in [0.4, 0.5) is 5.69 Å². The Hall–Kier alpha value is -1.70. The normalized spacial score (nSPS) is 14.9. The molecule has 1 N–H and O–H groups in total. The Bertz CT molecular complexity index is 653. The Morgan fingerprint density at radius 3 is 2.58 bits per heavy atom. The number of para-hydroxylation sites is 1. The molecule has 0 amide bonds. The van der Waals surface area contributed by atoms with Gasteiger partial charge in [-0.15, -0.1) is 24.0 Å². The number of nitrogens with zero attached hydrogens (tertiary/aromatic N) is 4. The van der Waals surface area contributed by atoms with Crippen LogP contribution < -0.4 is 5.32 Å². The number of piperidine rings is 1. The third-order valence-electron chi connectivity index (χ3n) is 3.91. The maximum atomic E-state index is 4.80. The van der Waals surface area contributed by atoms with Crippen LogP contribution >= 0.6 is 24.0 Å². The molecule has 1 aliphatic heterocycles. The molecule has 128 valence electrons. The van der Waals surface area contributed by atoms with Crippen LogP contribution in [0, 0.1) is 6.92 Å². The number of halogens is 1. The number of aryl methyl sites for hydroxylation is 1. The van der Waals surface area contributed by atoms with E-state index < -0.39 is 0 Å². The third-order valence-corrected chi connectivity index (χ3v) is 3.91. The molecule has 1 fully saturated rings. The standard InChI is InChI=1S/C18H23N5.HI/c1-15-19-11-10-17(21-15)14-20-18(23-12-6-3-7-13-23)22-16-8-4-2-5-9-16;/h2,4-5,8-11H,3,6-7,12-14H2,1H3,(H,20,22);1H. The molecule has 1 aromatic carbocycles. The fourth-order valence-corrected chi connectivity index (χ4v) is 2.72. The molecule has 0 bridgehead atoms. The fraction of sp³-hybridized carbons (Fsp3) is 0.389. The van der Waals surface area contributed by atoms with Gasteiger partial charge in [0.05, 0.1) is 12.2 Å². The first-order valence-electron chi connectivity index (χ1n) is 8.21. The van der Waals surface area contributed by atoms with Gasteiger partial charge < -0.3 is 10.2 Å². The minimum atomic E-state index is 0. The van der Waals surface area contributed by atoms with E-state index >= 15 is 0 Å². The molecule has 1 saturated heterocycles. The predicted octanol–water partition coefficient (Wildman–Crippen LogP) is 3.86. The van der Waals surface area contributed by atoms with Crippen LogP contribution in [0.15, 0.2) is 47.6 Å². The number of benzene rings is 1. The number of nitrogens with one attached hydrogen (secondary N) is 1. The van der Waals surface area contributed by atoms with Crippen molar-refractivity contribution in [3.05, 3.63) is 54.1 Å². The highest BCUT2D eigenvalue weighted by molar-refractivity contribution is 14.0. The summed E-state index contributed by atoms with van der Waals surface area (Å²) in [6.45, 7) is 4.58. The Morgan fingerprint density at radius 2 is 1.88 bits per heavy atom. The van der Waals surface area contributed by atoms with Crippen LogP contribution in [0.25, 0.3) is 0 Å². The van der Waals surface area contributed by atoms with Gasteiger partial charge >= 0.3 is 0 Å². The van der Waals surface area contributed by atoms with Crippen molar-refractivity contribution in [2.75, 3.05) is 18.4 Å². The number of guanidine groups is 1. The molecule has 1 aliphatic rings. The summed E-state index contributed by atoms with van der Waals surface area (Å²) in [5, 5.41) is 3.47. The van der Waals surface area contributed by atoms with E-state index in [-0.39, 0.29) is 24.0 Å². The number of hydrogen-bond acceptors (Lipinski definition) is 3. The lowest BCUT2D eigenvalue weighted by molar-refractivity contribution is 0.340. The predicted molar refractivity (Wildman–Crippen MR) is 109 cm³/mol. The number of aliphatic imine (C=N–C) groups is 1. The monoisotopic (exact) mass is 437 g/mol. The zero-order valence-corrected chi connectivity index (χ0v) is 16.3. The summed E-state index contributed by atoms with van der Waals surface area (Å²) >= 11 is 0. The van der Waals surface area contributed by atoms with E-state index in [1.165, 1.54) is 19.3 Å². The molecule has 0 unspecified atom stereocenters. The Kier molecular flexibility index (Phi) is 7.42. The van der Waals surface area contributed by atoms with Crippen LogP contribution in [-0.4, -0.2) is 33.9 Å². The molecule has 1 aromatic heterocycles. The molecule has 0 atom stereocenters. The van der Waals surface area contributed by atoms with Gasteiger partial charge in [-0.3, -0.25) is 0 Å². The Balaban J connectivity index is 0.00000208. The van der Waals surface area contributed by atoms with Gasteiger partial charge in [0.15, 0.2) is 5.96 Å². The van der Waals surface area contributed by atoms with Crippen LogP contribution in [0.1, 0.15) is 30.8 Å². The summed E-state index contributed by atoms with van der Waals surface area (Å²) in [4.78, 5) is 15.7. The lowest BCUT2D eigenvalue weighted by atomic mass is 10.1. The van der Waals surface area contributed by atoms with E-state index in [9.17, 15) is 0 Å². The third kappa shape index (κ3) is 5.43. The molecule has 2 heterocycles. The average Bonchev–Trinajstić information content (AvgIpc) is 2.60. The second kappa shape index (κ2) is 9.56. The number of hydrogen-bond donors (Lipinski definition) is 1. The molecular weight excluding hydrogens is 413 g/mol. The lowest BCUT2D eigenvalue weighted by Crippen LogP contribution is -2.40. The maximum absolute atomic E-state index is 4.80. The van der Waals surface area contributed by atoms with E-state index in [1.807, 2.05) is 31.2 Å². The number of anilines is 1. The van der Waals surface area contributed by atoms with Gasteiger partial charge in [0, 0.05) is 25.0 Å². The highest BCUT2D eigenvalue weighted by Crippen LogP contribution is 2.13. The second-order valence-corrected chi connectivity index (χ2v) is 5.77. The summed E-state index contributed by atoms with van der Waals surface area (Å²) in [5.41, 5.74) is 2.01. The molecule has 5 nitrogen and oxygen atoms in total. The van der Waals surface area contributed by atoms with Crippen molar-refractivity contribution in [2.45, 2.75) is 32.7 Å². The minimum Gasteiger partial charge on any atom is -0.343 e. The van der Waals surface area contributed by atoms with Gasteiger partial charge in [-0.05, 0) is 44.4 Å². The first-order chi connectivity index (χ1) is 11.3. The van der Waals surface area contributed by atoms with Crippen molar-refractivity contribution in [3.63, 3.8) is 0 Å². The molecule has 0 radical (unpaired) electrons. The van der Waals surface area contributed by atoms with E-state index in [0.717, 1.165) is 36.3 Å². The summed E-state index contributed by atoms with van der Waals surface area (Å²) in [5.74, 6) is 1.72. The molecule has 0 aliphatic carbocycles. The highest BCUT2D eigenvalue weighted by atomic mass is 127. The molecular formula is C18H24IN5. The summed E-state index contributed by atoms with van der Waals surface area (Å²) in [6, 6.07) is 12.1.